The molecule has 0 fully saturated rings. The zero-order chi connectivity index (χ0) is 11.4. The van der Waals surface area contributed by atoms with E-state index in [1.165, 1.54) is 19.2 Å². The molecule has 1 aromatic rings. The van der Waals surface area contributed by atoms with E-state index in [4.69, 9.17) is 10.8 Å². The second-order valence-corrected chi connectivity index (χ2v) is 3.02. The Kier molecular flexibility index (Phi) is 3.76. The molecule has 0 spiro atoms. The number of esters is 1. The molecule has 0 radical (unpaired) electrons. The van der Waals surface area contributed by atoms with Crippen LogP contribution in [0, 0.1) is 5.82 Å². The lowest BCUT2D eigenvalue weighted by Crippen LogP contribution is -2.16. The first kappa shape index (κ1) is 11.6. The van der Waals surface area contributed by atoms with Gasteiger partial charge in [-0.2, -0.15) is 0 Å². The molecule has 0 saturated carbocycles. The van der Waals surface area contributed by atoms with E-state index in [1.807, 2.05) is 0 Å². The van der Waals surface area contributed by atoms with Gasteiger partial charge in [-0.3, -0.25) is 0 Å². The predicted octanol–water partition coefficient (Wildman–Crippen LogP) is 0.604. The average Bonchev–Trinajstić information content (AvgIpc) is 2.27. The van der Waals surface area contributed by atoms with Crippen LogP contribution in [0.2, 0.25) is 0 Å². The van der Waals surface area contributed by atoms with E-state index in [2.05, 4.69) is 4.74 Å². The third kappa shape index (κ3) is 2.51. The van der Waals surface area contributed by atoms with Gasteiger partial charge in [-0.25, -0.2) is 9.18 Å². The molecule has 0 bridgehead atoms. The maximum absolute atomic E-state index is 13.2. The van der Waals surface area contributed by atoms with Crippen molar-refractivity contribution >= 4 is 5.97 Å². The van der Waals surface area contributed by atoms with Gasteiger partial charge in [-0.1, -0.05) is 6.07 Å². The quantitative estimate of drug-likeness (QED) is 0.721. The van der Waals surface area contributed by atoms with Gasteiger partial charge in [0.15, 0.2) is 0 Å². The highest BCUT2D eigenvalue weighted by Crippen LogP contribution is 2.16. The number of aliphatic hydroxyl groups is 1. The van der Waals surface area contributed by atoms with Crippen LogP contribution in [0.3, 0.4) is 0 Å². The van der Waals surface area contributed by atoms with E-state index in [1.54, 1.807) is 0 Å². The monoisotopic (exact) mass is 213 g/mol. The molecular weight excluding hydrogens is 201 g/mol. The first-order valence-corrected chi connectivity index (χ1v) is 4.34. The van der Waals surface area contributed by atoms with Crippen LogP contribution >= 0.6 is 0 Å². The fourth-order valence-corrected chi connectivity index (χ4v) is 1.15. The van der Waals surface area contributed by atoms with Crippen molar-refractivity contribution in [1.82, 2.24) is 0 Å². The molecule has 1 atom stereocenters. The molecule has 0 aromatic heterocycles. The maximum Gasteiger partial charge on any atom is 0.340 e. The van der Waals surface area contributed by atoms with E-state index in [0.29, 0.717) is 5.56 Å². The highest BCUT2D eigenvalue weighted by atomic mass is 19.1. The molecule has 0 aliphatic rings. The molecule has 0 unspecified atom stereocenters. The number of aliphatic hydroxyl groups excluding tert-OH is 1. The summed E-state index contributed by atoms with van der Waals surface area (Å²) >= 11 is 0. The Hall–Kier alpha value is -1.46. The topological polar surface area (TPSA) is 72.5 Å². The van der Waals surface area contributed by atoms with Gasteiger partial charge in [-0.15, -0.1) is 0 Å². The summed E-state index contributed by atoms with van der Waals surface area (Å²) in [6, 6.07) is 3.19. The molecular formula is C10H12FNO3. The van der Waals surface area contributed by atoms with Crippen molar-refractivity contribution in [3.8, 4) is 0 Å². The fourth-order valence-electron chi connectivity index (χ4n) is 1.15. The van der Waals surface area contributed by atoms with E-state index in [-0.39, 0.29) is 12.2 Å². The lowest BCUT2D eigenvalue weighted by atomic mass is 10.0. The van der Waals surface area contributed by atoms with E-state index < -0.39 is 17.8 Å². The Morgan fingerprint density at radius 1 is 1.67 bits per heavy atom. The summed E-state index contributed by atoms with van der Waals surface area (Å²) in [7, 11) is 1.17. The molecule has 82 valence electrons. The summed E-state index contributed by atoms with van der Waals surface area (Å²) in [5.74, 6) is -1.43. The first-order valence-electron chi connectivity index (χ1n) is 4.34. The van der Waals surface area contributed by atoms with Crippen LogP contribution in [0.25, 0.3) is 0 Å². The van der Waals surface area contributed by atoms with Gasteiger partial charge < -0.3 is 15.6 Å². The van der Waals surface area contributed by atoms with Crippen molar-refractivity contribution in [2.75, 3.05) is 13.7 Å². The third-order valence-electron chi connectivity index (χ3n) is 2.02. The Morgan fingerprint density at radius 2 is 2.33 bits per heavy atom. The summed E-state index contributed by atoms with van der Waals surface area (Å²) in [6.45, 7) is -0.272. The van der Waals surface area contributed by atoms with Crippen LogP contribution in [-0.4, -0.2) is 24.8 Å². The molecule has 0 amide bonds. The highest BCUT2D eigenvalue weighted by Gasteiger charge is 2.14. The number of benzene rings is 1. The minimum absolute atomic E-state index is 0.182. The molecule has 4 nitrogen and oxygen atoms in total. The van der Waals surface area contributed by atoms with Gasteiger partial charge in [0.25, 0.3) is 0 Å². The van der Waals surface area contributed by atoms with Gasteiger partial charge in [0.2, 0.25) is 0 Å². The second-order valence-electron chi connectivity index (χ2n) is 3.02. The molecule has 0 aliphatic carbocycles. The van der Waals surface area contributed by atoms with Gasteiger partial charge >= 0.3 is 5.97 Å². The summed E-state index contributed by atoms with van der Waals surface area (Å²) < 4.78 is 17.6. The summed E-state index contributed by atoms with van der Waals surface area (Å²) in [4.78, 5) is 11.1. The third-order valence-corrected chi connectivity index (χ3v) is 2.02. The zero-order valence-electron chi connectivity index (χ0n) is 8.24. The molecule has 15 heavy (non-hydrogen) atoms. The van der Waals surface area contributed by atoms with Crippen LogP contribution in [0.4, 0.5) is 4.39 Å². The Balaban J connectivity index is 3.10. The van der Waals surface area contributed by atoms with Crippen LogP contribution < -0.4 is 5.73 Å². The van der Waals surface area contributed by atoms with E-state index in [0.717, 1.165) is 6.07 Å². The van der Waals surface area contributed by atoms with Crippen molar-refractivity contribution in [3.63, 3.8) is 0 Å². The van der Waals surface area contributed by atoms with Crippen molar-refractivity contribution < 1.29 is 19.0 Å². The summed E-state index contributed by atoms with van der Waals surface area (Å²) in [5.41, 5.74) is 5.83. The maximum atomic E-state index is 13.2. The number of hydrogen-bond acceptors (Lipinski definition) is 4. The van der Waals surface area contributed by atoms with Gasteiger partial charge in [0, 0.05) is 0 Å². The standard InChI is InChI=1S/C10H12FNO3/c1-15-10(14)7-4-6(9(12)5-13)2-3-8(7)11/h2-4,9,13H,5,12H2,1H3/t9-/m1/s1. The number of halogens is 1. The summed E-state index contributed by atoms with van der Waals surface area (Å²) in [5, 5.41) is 8.81. The van der Waals surface area contributed by atoms with Crippen LogP contribution in [0.5, 0.6) is 0 Å². The van der Waals surface area contributed by atoms with Gasteiger partial charge in [0.05, 0.1) is 25.3 Å². The van der Waals surface area contributed by atoms with E-state index >= 15 is 0 Å². The molecule has 1 rings (SSSR count). The largest absolute Gasteiger partial charge is 0.465 e. The predicted molar refractivity (Wildman–Crippen MR) is 51.8 cm³/mol. The molecule has 3 N–H and O–H groups in total. The smallest absolute Gasteiger partial charge is 0.340 e. The number of ether oxygens (including phenoxy) is 1. The minimum Gasteiger partial charge on any atom is -0.465 e. The van der Waals surface area contributed by atoms with Crippen molar-refractivity contribution in [2.24, 2.45) is 5.73 Å². The molecule has 5 heteroatoms. The number of carbonyl (C=O) groups is 1. The summed E-state index contributed by atoms with van der Waals surface area (Å²) in [6.07, 6.45) is 0. The minimum atomic E-state index is -0.764. The van der Waals surface area contributed by atoms with Crippen LogP contribution in [0.1, 0.15) is 22.0 Å². The number of nitrogens with two attached hydrogens (primary N) is 1. The van der Waals surface area contributed by atoms with Gasteiger partial charge in [0.1, 0.15) is 5.82 Å². The Labute approximate surface area is 86.5 Å². The highest BCUT2D eigenvalue weighted by molar-refractivity contribution is 5.89. The molecule has 1 aromatic carbocycles. The molecule has 0 aliphatic heterocycles. The second kappa shape index (κ2) is 4.86. The number of rotatable bonds is 3. The molecule has 0 saturated heterocycles. The Bertz CT molecular complexity index is 368. The zero-order valence-corrected chi connectivity index (χ0v) is 8.24. The van der Waals surface area contributed by atoms with Crippen molar-refractivity contribution in [1.29, 1.82) is 0 Å². The average molecular weight is 213 g/mol. The molecule has 0 heterocycles. The van der Waals surface area contributed by atoms with Crippen molar-refractivity contribution in [2.45, 2.75) is 6.04 Å². The van der Waals surface area contributed by atoms with E-state index in [9.17, 15) is 9.18 Å². The SMILES string of the molecule is COC(=O)c1cc([C@H](N)CO)ccc1F. The normalized spacial score (nSPS) is 12.3. The number of hydrogen-bond donors (Lipinski definition) is 2. The number of carbonyl (C=O) groups excluding carboxylic acids is 1. The fraction of sp³-hybridized carbons (Fsp3) is 0.300. The van der Waals surface area contributed by atoms with Crippen LogP contribution in [0.15, 0.2) is 18.2 Å². The Morgan fingerprint density at radius 3 is 2.87 bits per heavy atom. The van der Waals surface area contributed by atoms with Crippen LogP contribution in [-0.2, 0) is 4.74 Å². The first-order chi connectivity index (χ1) is 7.10. The lowest BCUT2D eigenvalue weighted by Gasteiger charge is -2.10. The number of methoxy groups -OCH3 is 1. The van der Waals surface area contributed by atoms with Gasteiger partial charge in [-0.05, 0) is 17.7 Å². The van der Waals surface area contributed by atoms with Crippen molar-refractivity contribution in [3.05, 3.63) is 35.1 Å². The lowest BCUT2D eigenvalue weighted by molar-refractivity contribution is 0.0595.